The molecule has 3 aromatic carbocycles. The van der Waals surface area contributed by atoms with Crippen LogP contribution in [0.5, 0.6) is 0 Å². The zero-order valence-corrected chi connectivity index (χ0v) is 18.1. The number of hydrogen-bond donors (Lipinski definition) is 1. The van der Waals surface area contributed by atoms with Crippen LogP contribution in [0.15, 0.2) is 77.8 Å². The topological polar surface area (TPSA) is 34.0 Å². The Morgan fingerprint density at radius 1 is 1.00 bits per heavy atom. The summed E-state index contributed by atoms with van der Waals surface area (Å²) in [5, 5.41) is 4.72. The number of benzene rings is 3. The van der Waals surface area contributed by atoms with Gasteiger partial charge in [0.2, 0.25) is 5.91 Å². The van der Waals surface area contributed by atoms with Crippen LogP contribution in [0.25, 0.3) is 10.9 Å². The maximum atomic E-state index is 13.6. The molecule has 3 nitrogen and oxygen atoms in total. The van der Waals surface area contributed by atoms with E-state index in [2.05, 4.69) is 9.88 Å². The van der Waals surface area contributed by atoms with Gasteiger partial charge in [0.25, 0.3) is 0 Å². The molecule has 0 spiro atoms. The van der Waals surface area contributed by atoms with Gasteiger partial charge >= 0.3 is 0 Å². The Hall–Kier alpha value is -2.47. The molecule has 1 N–H and O–H groups in total. The van der Waals surface area contributed by atoms with Gasteiger partial charge in [-0.1, -0.05) is 53.5 Å². The van der Waals surface area contributed by atoms with Crippen molar-refractivity contribution in [1.29, 1.82) is 0 Å². The van der Waals surface area contributed by atoms with Gasteiger partial charge in [0.1, 0.15) is 5.82 Å². The number of nitrogens with zero attached hydrogens (tertiary/aromatic N) is 1. The SMILES string of the molecule is O=C(CSc1cn(Cc2cccc(F)c2)c2ccccc12)Nc1ccc(Cl)c(Cl)c1. The number of thioether (sulfide) groups is 1. The molecule has 7 heteroatoms. The smallest absolute Gasteiger partial charge is 0.234 e. The van der Waals surface area contributed by atoms with E-state index in [1.54, 1.807) is 24.3 Å². The number of anilines is 1. The number of amides is 1. The van der Waals surface area contributed by atoms with Crippen molar-refractivity contribution in [3.63, 3.8) is 0 Å². The fraction of sp³-hybridized carbons (Fsp3) is 0.0870. The van der Waals surface area contributed by atoms with Crippen molar-refractivity contribution in [1.82, 2.24) is 4.57 Å². The number of para-hydroxylation sites is 1. The number of carbonyl (C=O) groups excluding carboxylic acids is 1. The van der Waals surface area contributed by atoms with Crippen LogP contribution in [0, 0.1) is 5.82 Å². The molecule has 0 saturated heterocycles. The second kappa shape index (κ2) is 9.13. The number of carbonyl (C=O) groups is 1. The minimum atomic E-state index is -0.252. The average Bonchev–Trinajstić information content (AvgIpc) is 3.07. The lowest BCUT2D eigenvalue weighted by molar-refractivity contribution is -0.113. The normalized spacial score (nSPS) is 11.0. The first kappa shape index (κ1) is 20.8. The Labute approximate surface area is 187 Å². The van der Waals surface area contributed by atoms with Gasteiger partial charge in [-0.25, -0.2) is 4.39 Å². The standard InChI is InChI=1S/C23H17Cl2FN2OS/c24-19-9-8-17(11-20(19)25)27-23(29)14-30-22-13-28(21-7-2-1-6-18(21)22)12-15-4-3-5-16(26)10-15/h1-11,13H,12,14H2,(H,27,29). The van der Waals surface area contributed by atoms with E-state index in [4.69, 9.17) is 23.2 Å². The summed E-state index contributed by atoms with van der Waals surface area (Å²) in [6, 6.07) is 19.5. The first-order valence-electron chi connectivity index (χ1n) is 9.19. The van der Waals surface area contributed by atoms with Crippen LogP contribution in [0.3, 0.4) is 0 Å². The number of rotatable bonds is 6. The summed E-state index contributed by atoms with van der Waals surface area (Å²) < 4.78 is 15.6. The molecule has 0 bridgehead atoms. The van der Waals surface area contributed by atoms with E-state index in [1.165, 1.54) is 23.9 Å². The third-order valence-electron chi connectivity index (χ3n) is 4.56. The average molecular weight is 459 g/mol. The Bertz CT molecular complexity index is 1230. The number of fused-ring (bicyclic) bond motifs is 1. The highest BCUT2D eigenvalue weighted by Crippen LogP contribution is 2.31. The Kier molecular flexibility index (Phi) is 6.32. The number of aromatic nitrogens is 1. The van der Waals surface area contributed by atoms with Crippen LogP contribution < -0.4 is 5.32 Å². The number of hydrogen-bond acceptors (Lipinski definition) is 2. The molecule has 1 aromatic heterocycles. The summed E-state index contributed by atoms with van der Waals surface area (Å²) in [5.41, 5.74) is 2.52. The zero-order chi connectivity index (χ0) is 21.1. The van der Waals surface area contributed by atoms with Crippen molar-refractivity contribution >= 4 is 57.5 Å². The molecule has 0 aliphatic rings. The van der Waals surface area contributed by atoms with E-state index in [9.17, 15) is 9.18 Å². The van der Waals surface area contributed by atoms with Gasteiger partial charge < -0.3 is 9.88 Å². The van der Waals surface area contributed by atoms with Crippen LogP contribution in [0.4, 0.5) is 10.1 Å². The van der Waals surface area contributed by atoms with Crippen LogP contribution >= 0.6 is 35.0 Å². The van der Waals surface area contributed by atoms with Gasteiger partial charge in [-0.3, -0.25) is 4.79 Å². The quantitative estimate of drug-likeness (QED) is 0.320. The van der Waals surface area contributed by atoms with E-state index < -0.39 is 0 Å². The van der Waals surface area contributed by atoms with E-state index in [0.29, 0.717) is 22.3 Å². The van der Waals surface area contributed by atoms with Crippen molar-refractivity contribution in [2.75, 3.05) is 11.1 Å². The van der Waals surface area contributed by atoms with E-state index in [-0.39, 0.29) is 17.5 Å². The summed E-state index contributed by atoms with van der Waals surface area (Å²) in [7, 11) is 0. The molecule has 4 aromatic rings. The second-order valence-corrected chi connectivity index (χ2v) is 8.57. The predicted molar refractivity (Wildman–Crippen MR) is 123 cm³/mol. The van der Waals surface area contributed by atoms with Gasteiger partial charge in [-0.15, -0.1) is 11.8 Å². The molecule has 1 amide bonds. The molecule has 0 aliphatic heterocycles. The summed E-state index contributed by atoms with van der Waals surface area (Å²) in [4.78, 5) is 13.4. The summed E-state index contributed by atoms with van der Waals surface area (Å²) in [6.07, 6.45) is 2.01. The predicted octanol–water partition coefficient (Wildman–Crippen LogP) is 6.87. The highest BCUT2D eigenvalue weighted by atomic mass is 35.5. The number of nitrogens with one attached hydrogen (secondary N) is 1. The van der Waals surface area contributed by atoms with Crippen molar-refractivity contribution in [3.8, 4) is 0 Å². The fourth-order valence-corrected chi connectivity index (χ4v) is 4.39. The van der Waals surface area contributed by atoms with E-state index >= 15 is 0 Å². The molecule has 0 atom stereocenters. The number of halogens is 3. The maximum absolute atomic E-state index is 13.6. The highest BCUT2D eigenvalue weighted by Gasteiger charge is 2.12. The Morgan fingerprint density at radius 2 is 1.83 bits per heavy atom. The van der Waals surface area contributed by atoms with Crippen LogP contribution in [0.2, 0.25) is 10.0 Å². The first-order chi connectivity index (χ1) is 14.5. The van der Waals surface area contributed by atoms with E-state index in [0.717, 1.165) is 21.4 Å². The third kappa shape index (κ3) is 4.81. The summed E-state index contributed by atoms with van der Waals surface area (Å²) in [5.74, 6) is -0.147. The lowest BCUT2D eigenvalue weighted by atomic mass is 10.2. The molecule has 0 saturated carbocycles. The molecule has 4 rings (SSSR count). The van der Waals surface area contributed by atoms with Crippen LogP contribution in [0.1, 0.15) is 5.56 Å². The molecule has 0 aliphatic carbocycles. The van der Waals surface area contributed by atoms with Crippen molar-refractivity contribution < 1.29 is 9.18 Å². The Morgan fingerprint density at radius 3 is 2.63 bits per heavy atom. The van der Waals surface area contributed by atoms with Crippen molar-refractivity contribution in [3.05, 3.63) is 94.4 Å². The monoisotopic (exact) mass is 458 g/mol. The highest BCUT2D eigenvalue weighted by molar-refractivity contribution is 8.00. The molecular formula is C23H17Cl2FN2OS. The lowest BCUT2D eigenvalue weighted by Crippen LogP contribution is -2.13. The molecular weight excluding hydrogens is 442 g/mol. The molecule has 1 heterocycles. The summed E-state index contributed by atoms with van der Waals surface area (Å²) in [6.45, 7) is 0.550. The third-order valence-corrected chi connectivity index (χ3v) is 6.34. The minimum Gasteiger partial charge on any atom is -0.342 e. The molecule has 152 valence electrons. The Balaban J connectivity index is 1.50. The van der Waals surface area contributed by atoms with Crippen molar-refractivity contribution in [2.24, 2.45) is 0 Å². The summed E-state index contributed by atoms with van der Waals surface area (Å²) >= 11 is 13.4. The first-order valence-corrected chi connectivity index (χ1v) is 10.9. The molecule has 30 heavy (non-hydrogen) atoms. The minimum absolute atomic E-state index is 0.139. The largest absolute Gasteiger partial charge is 0.342 e. The van der Waals surface area contributed by atoms with Gasteiger partial charge in [0.15, 0.2) is 0 Å². The molecule has 0 unspecified atom stereocenters. The molecule has 0 radical (unpaired) electrons. The van der Waals surface area contributed by atoms with Gasteiger partial charge in [0.05, 0.1) is 15.8 Å². The van der Waals surface area contributed by atoms with Gasteiger partial charge in [0, 0.05) is 34.2 Å². The van der Waals surface area contributed by atoms with Crippen LogP contribution in [-0.4, -0.2) is 16.2 Å². The van der Waals surface area contributed by atoms with Gasteiger partial charge in [-0.2, -0.15) is 0 Å². The second-order valence-electron chi connectivity index (χ2n) is 6.73. The maximum Gasteiger partial charge on any atom is 0.234 e. The fourth-order valence-electron chi connectivity index (χ4n) is 3.21. The van der Waals surface area contributed by atoms with Crippen LogP contribution in [-0.2, 0) is 11.3 Å². The van der Waals surface area contributed by atoms with Crippen molar-refractivity contribution in [2.45, 2.75) is 11.4 Å². The van der Waals surface area contributed by atoms with Gasteiger partial charge in [-0.05, 0) is 42.0 Å². The zero-order valence-electron chi connectivity index (χ0n) is 15.7. The lowest BCUT2D eigenvalue weighted by Gasteiger charge is -2.06. The van der Waals surface area contributed by atoms with E-state index in [1.807, 2.05) is 36.5 Å². The molecule has 0 fully saturated rings.